The fourth-order valence-electron chi connectivity index (χ4n) is 2.35. The van der Waals surface area contributed by atoms with Crippen LogP contribution in [-0.4, -0.2) is 10.7 Å². The molecule has 0 N–H and O–H groups in total. The van der Waals surface area contributed by atoms with Crippen LogP contribution in [0.4, 0.5) is 5.69 Å². The minimum Gasteiger partial charge on any atom is -0.289 e. The molecule has 0 aliphatic carbocycles. The van der Waals surface area contributed by atoms with Crippen LogP contribution in [0.25, 0.3) is 16.8 Å². The highest BCUT2D eigenvalue weighted by Crippen LogP contribution is 2.17. The molecular formula is C19H13NO3. The highest BCUT2D eigenvalue weighted by Gasteiger charge is 2.05. The maximum absolute atomic E-state index is 12.3. The van der Waals surface area contributed by atoms with Gasteiger partial charge >= 0.3 is 0 Å². The second-order valence-corrected chi connectivity index (χ2v) is 5.11. The Bertz CT molecular complexity index is 929. The summed E-state index contributed by atoms with van der Waals surface area (Å²) in [5, 5.41) is 12.8. The summed E-state index contributed by atoms with van der Waals surface area (Å²) in [6, 6.07) is 19.5. The first-order valence-electron chi connectivity index (χ1n) is 7.09. The highest BCUT2D eigenvalue weighted by molar-refractivity contribution is 6.08. The number of benzene rings is 3. The Hall–Kier alpha value is -3.27. The van der Waals surface area contributed by atoms with E-state index in [0.717, 1.165) is 10.8 Å². The second-order valence-electron chi connectivity index (χ2n) is 5.11. The zero-order valence-electron chi connectivity index (χ0n) is 12.2. The van der Waals surface area contributed by atoms with Crippen molar-refractivity contribution in [2.75, 3.05) is 0 Å². The number of allylic oxidation sites excluding steroid dienone is 1. The molecule has 0 aliphatic rings. The Morgan fingerprint density at radius 2 is 1.70 bits per heavy atom. The van der Waals surface area contributed by atoms with Crippen LogP contribution < -0.4 is 0 Å². The molecule has 0 spiro atoms. The number of nitrogens with zero attached hydrogens (tertiary/aromatic N) is 1. The number of nitro groups is 1. The predicted octanol–water partition coefficient (Wildman–Crippen LogP) is 4.64. The zero-order chi connectivity index (χ0) is 16.2. The van der Waals surface area contributed by atoms with Gasteiger partial charge in [0.05, 0.1) is 4.92 Å². The van der Waals surface area contributed by atoms with E-state index < -0.39 is 4.92 Å². The van der Waals surface area contributed by atoms with Gasteiger partial charge in [0.2, 0.25) is 0 Å². The molecule has 0 aromatic heterocycles. The van der Waals surface area contributed by atoms with Gasteiger partial charge in [-0.25, -0.2) is 0 Å². The first-order valence-corrected chi connectivity index (χ1v) is 7.09. The Labute approximate surface area is 132 Å². The van der Waals surface area contributed by atoms with Crippen molar-refractivity contribution >= 4 is 28.3 Å². The Morgan fingerprint density at radius 1 is 0.913 bits per heavy atom. The van der Waals surface area contributed by atoms with Gasteiger partial charge in [-0.1, -0.05) is 54.6 Å². The van der Waals surface area contributed by atoms with Crippen molar-refractivity contribution in [2.24, 2.45) is 0 Å². The number of nitro benzene ring substituents is 1. The van der Waals surface area contributed by atoms with Gasteiger partial charge in [0.1, 0.15) is 0 Å². The van der Waals surface area contributed by atoms with Crippen molar-refractivity contribution in [3.8, 4) is 0 Å². The van der Waals surface area contributed by atoms with Gasteiger partial charge in [0, 0.05) is 17.7 Å². The van der Waals surface area contributed by atoms with Gasteiger partial charge in [-0.05, 0) is 28.5 Å². The number of hydrogen-bond donors (Lipinski definition) is 0. The number of rotatable bonds is 4. The summed E-state index contributed by atoms with van der Waals surface area (Å²) < 4.78 is 0. The summed E-state index contributed by atoms with van der Waals surface area (Å²) in [7, 11) is 0. The largest absolute Gasteiger partial charge is 0.289 e. The molecule has 4 heteroatoms. The van der Waals surface area contributed by atoms with Crippen LogP contribution in [0.2, 0.25) is 0 Å². The molecule has 4 nitrogen and oxygen atoms in total. The molecule has 0 saturated carbocycles. The smallest absolute Gasteiger partial charge is 0.270 e. The first kappa shape index (κ1) is 14.7. The van der Waals surface area contributed by atoms with Crippen molar-refractivity contribution in [2.45, 2.75) is 0 Å². The van der Waals surface area contributed by atoms with Crippen molar-refractivity contribution in [1.82, 2.24) is 0 Å². The quantitative estimate of drug-likeness (QED) is 0.305. The Kier molecular flexibility index (Phi) is 3.97. The lowest BCUT2D eigenvalue weighted by atomic mass is 10.0. The molecule has 0 atom stereocenters. The molecule has 23 heavy (non-hydrogen) atoms. The Balaban J connectivity index is 1.85. The molecule has 0 heterocycles. The number of fused-ring (bicyclic) bond motifs is 1. The highest BCUT2D eigenvalue weighted by atomic mass is 16.6. The van der Waals surface area contributed by atoms with Gasteiger partial charge in [-0.2, -0.15) is 0 Å². The van der Waals surface area contributed by atoms with Crippen LogP contribution >= 0.6 is 0 Å². The summed E-state index contributed by atoms with van der Waals surface area (Å²) in [4.78, 5) is 22.6. The molecular weight excluding hydrogens is 290 g/mol. The van der Waals surface area contributed by atoms with E-state index in [9.17, 15) is 14.9 Å². The maximum atomic E-state index is 12.3. The summed E-state index contributed by atoms with van der Waals surface area (Å²) >= 11 is 0. The standard InChI is InChI=1S/C19H13NO3/c21-19(11-8-14-4-3-7-18(12-14)20(22)23)17-10-9-15-5-1-2-6-16(15)13-17/h1-13H/b11-8+. The molecule has 0 radical (unpaired) electrons. The first-order chi connectivity index (χ1) is 11.1. The van der Waals surface area contributed by atoms with E-state index in [4.69, 9.17) is 0 Å². The van der Waals surface area contributed by atoms with Crippen molar-refractivity contribution < 1.29 is 9.72 Å². The van der Waals surface area contributed by atoms with E-state index in [1.165, 1.54) is 18.2 Å². The monoisotopic (exact) mass is 303 g/mol. The van der Waals surface area contributed by atoms with E-state index in [1.807, 2.05) is 36.4 Å². The zero-order valence-corrected chi connectivity index (χ0v) is 12.2. The SMILES string of the molecule is O=C(/C=C/c1cccc([N+](=O)[O-])c1)c1ccc2ccccc2c1. The van der Waals surface area contributed by atoms with Crippen LogP contribution in [0.3, 0.4) is 0 Å². The van der Waals surface area contributed by atoms with Crippen LogP contribution in [0.5, 0.6) is 0 Å². The molecule has 3 aromatic rings. The minimum absolute atomic E-state index is 0.00491. The number of hydrogen-bond acceptors (Lipinski definition) is 3. The van der Waals surface area contributed by atoms with Crippen LogP contribution in [-0.2, 0) is 0 Å². The van der Waals surface area contributed by atoms with Crippen molar-refractivity contribution in [1.29, 1.82) is 0 Å². The van der Waals surface area contributed by atoms with Crippen LogP contribution in [0.15, 0.2) is 72.8 Å². The summed E-state index contributed by atoms with van der Waals surface area (Å²) in [5.41, 5.74) is 1.21. The molecule has 0 aliphatic heterocycles. The summed E-state index contributed by atoms with van der Waals surface area (Å²) in [6.45, 7) is 0. The topological polar surface area (TPSA) is 60.2 Å². The normalized spacial score (nSPS) is 11.0. The third kappa shape index (κ3) is 3.32. The van der Waals surface area contributed by atoms with Crippen LogP contribution in [0.1, 0.15) is 15.9 Å². The van der Waals surface area contributed by atoms with E-state index in [0.29, 0.717) is 11.1 Å². The average Bonchev–Trinajstić information content (AvgIpc) is 2.59. The summed E-state index contributed by atoms with van der Waals surface area (Å²) in [6.07, 6.45) is 3.02. The van der Waals surface area contributed by atoms with Crippen molar-refractivity contribution in [3.05, 3.63) is 94.0 Å². The molecule has 0 amide bonds. The third-order valence-corrected chi connectivity index (χ3v) is 3.54. The lowest BCUT2D eigenvalue weighted by Crippen LogP contribution is -1.94. The second kappa shape index (κ2) is 6.23. The van der Waals surface area contributed by atoms with Gasteiger partial charge < -0.3 is 0 Å². The van der Waals surface area contributed by atoms with Gasteiger partial charge in [-0.15, -0.1) is 0 Å². The van der Waals surface area contributed by atoms with E-state index in [2.05, 4.69) is 0 Å². The van der Waals surface area contributed by atoms with E-state index in [-0.39, 0.29) is 11.5 Å². The third-order valence-electron chi connectivity index (χ3n) is 3.54. The summed E-state index contributed by atoms with van der Waals surface area (Å²) in [5.74, 6) is -0.137. The number of non-ortho nitro benzene ring substituents is 1. The molecule has 0 bridgehead atoms. The predicted molar refractivity (Wildman–Crippen MR) is 90.4 cm³/mol. The minimum atomic E-state index is -0.456. The van der Waals surface area contributed by atoms with Gasteiger partial charge in [0.25, 0.3) is 5.69 Å². The van der Waals surface area contributed by atoms with Gasteiger partial charge in [0.15, 0.2) is 5.78 Å². The fraction of sp³-hybridized carbons (Fsp3) is 0. The average molecular weight is 303 g/mol. The lowest BCUT2D eigenvalue weighted by molar-refractivity contribution is -0.384. The maximum Gasteiger partial charge on any atom is 0.270 e. The molecule has 3 rings (SSSR count). The van der Waals surface area contributed by atoms with Crippen LogP contribution in [0, 0.1) is 10.1 Å². The lowest BCUT2D eigenvalue weighted by Gasteiger charge is -2.00. The molecule has 0 unspecified atom stereocenters. The molecule has 112 valence electrons. The number of carbonyl (C=O) groups is 1. The molecule has 0 fully saturated rings. The van der Waals surface area contributed by atoms with Crippen molar-refractivity contribution in [3.63, 3.8) is 0 Å². The van der Waals surface area contributed by atoms with E-state index in [1.54, 1.807) is 24.3 Å². The Morgan fingerprint density at radius 3 is 2.48 bits per heavy atom. The fourth-order valence-corrected chi connectivity index (χ4v) is 2.35. The number of ketones is 1. The van der Waals surface area contributed by atoms with Gasteiger partial charge in [-0.3, -0.25) is 14.9 Å². The molecule has 0 saturated heterocycles. The molecule has 3 aromatic carbocycles. The number of carbonyl (C=O) groups excluding carboxylic acids is 1. The van der Waals surface area contributed by atoms with E-state index >= 15 is 0 Å².